The van der Waals surface area contributed by atoms with Crippen LogP contribution in [-0.4, -0.2) is 31.1 Å². The maximum Gasteiger partial charge on any atom is 0.243 e. The monoisotopic (exact) mass is 281 g/mol. The van der Waals surface area contributed by atoms with Crippen LogP contribution in [0.1, 0.15) is 43.5 Å². The summed E-state index contributed by atoms with van der Waals surface area (Å²) in [5.74, 6) is -0.122. The maximum atomic E-state index is 12.6. The summed E-state index contributed by atoms with van der Waals surface area (Å²) in [7, 11) is -3.49. The lowest BCUT2D eigenvalue weighted by atomic mass is 10.1. The van der Waals surface area contributed by atoms with Gasteiger partial charge in [0.2, 0.25) is 10.0 Å². The SMILES string of the molecule is CC(=O)c1cccc(S(=O)(=O)N2CCCC[C@H]2C)c1. The lowest BCUT2D eigenvalue weighted by Crippen LogP contribution is -2.41. The number of hydrogen-bond donors (Lipinski definition) is 0. The highest BCUT2D eigenvalue weighted by atomic mass is 32.2. The van der Waals surface area contributed by atoms with Crippen molar-refractivity contribution in [3.8, 4) is 0 Å². The Morgan fingerprint density at radius 1 is 1.32 bits per heavy atom. The van der Waals surface area contributed by atoms with Gasteiger partial charge >= 0.3 is 0 Å². The van der Waals surface area contributed by atoms with Gasteiger partial charge in [-0.15, -0.1) is 0 Å². The summed E-state index contributed by atoms with van der Waals surface area (Å²) in [5.41, 5.74) is 0.436. The third kappa shape index (κ3) is 2.87. The number of piperidine rings is 1. The lowest BCUT2D eigenvalue weighted by Gasteiger charge is -2.32. The molecule has 104 valence electrons. The minimum absolute atomic E-state index is 0.0275. The highest BCUT2D eigenvalue weighted by Crippen LogP contribution is 2.25. The van der Waals surface area contributed by atoms with Gasteiger partial charge in [-0.25, -0.2) is 8.42 Å². The van der Waals surface area contributed by atoms with E-state index >= 15 is 0 Å². The zero-order valence-corrected chi connectivity index (χ0v) is 12.1. The first-order valence-corrected chi connectivity index (χ1v) is 8.00. The van der Waals surface area contributed by atoms with Gasteiger partial charge in [0.15, 0.2) is 5.78 Å². The van der Waals surface area contributed by atoms with E-state index in [4.69, 9.17) is 0 Å². The van der Waals surface area contributed by atoms with Gasteiger partial charge in [0.05, 0.1) is 4.90 Å². The number of carbonyl (C=O) groups is 1. The molecule has 1 aliphatic rings. The number of ketones is 1. The van der Waals surface area contributed by atoms with Gasteiger partial charge in [-0.05, 0) is 38.8 Å². The molecule has 1 atom stereocenters. The molecular formula is C14H19NO3S. The molecule has 0 N–H and O–H groups in total. The van der Waals surface area contributed by atoms with Crippen molar-refractivity contribution in [3.63, 3.8) is 0 Å². The van der Waals surface area contributed by atoms with Crippen LogP contribution >= 0.6 is 0 Å². The van der Waals surface area contributed by atoms with Crippen LogP contribution in [0, 0.1) is 0 Å². The Hall–Kier alpha value is -1.20. The zero-order valence-electron chi connectivity index (χ0n) is 11.3. The number of nitrogens with zero attached hydrogens (tertiary/aromatic N) is 1. The topological polar surface area (TPSA) is 54.5 Å². The molecule has 4 nitrogen and oxygen atoms in total. The van der Waals surface area contributed by atoms with E-state index in [2.05, 4.69) is 0 Å². The quantitative estimate of drug-likeness (QED) is 0.800. The van der Waals surface area contributed by atoms with Crippen LogP contribution in [0.15, 0.2) is 29.2 Å². The molecule has 0 aromatic heterocycles. The van der Waals surface area contributed by atoms with Crippen LogP contribution in [0.5, 0.6) is 0 Å². The zero-order chi connectivity index (χ0) is 14.0. The number of sulfonamides is 1. The fourth-order valence-electron chi connectivity index (χ4n) is 2.44. The molecular weight excluding hydrogens is 262 g/mol. The minimum atomic E-state index is -3.49. The molecule has 1 saturated heterocycles. The van der Waals surface area contributed by atoms with Gasteiger partial charge in [0.25, 0.3) is 0 Å². The van der Waals surface area contributed by atoms with Crippen LogP contribution in [0.3, 0.4) is 0 Å². The molecule has 5 heteroatoms. The third-order valence-electron chi connectivity index (χ3n) is 3.59. The van der Waals surface area contributed by atoms with Crippen molar-refractivity contribution >= 4 is 15.8 Å². The second-order valence-electron chi connectivity index (χ2n) is 5.04. The number of Topliss-reactive ketones (excluding diaryl/α,β-unsaturated/α-hetero) is 1. The Balaban J connectivity index is 2.38. The van der Waals surface area contributed by atoms with Crippen LogP contribution in [0.4, 0.5) is 0 Å². The molecule has 1 aromatic carbocycles. The number of benzene rings is 1. The van der Waals surface area contributed by atoms with E-state index in [1.807, 2.05) is 6.92 Å². The second kappa shape index (κ2) is 5.43. The number of rotatable bonds is 3. The van der Waals surface area contributed by atoms with Crippen LogP contribution in [-0.2, 0) is 10.0 Å². The summed E-state index contributed by atoms with van der Waals surface area (Å²) in [5, 5.41) is 0. The van der Waals surface area contributed by atoms with E-state index in [1.54, 1.807) is 22.5 Å². The number of hydrogen-bond acceptors (Lipinski definition) is 3. The van der Waals surface area contributed by atoms with E-state index in [0.717, 1.165) is 19.3 Å². The molecule has 0 radical (unpaired) electrons. The molecule has 1 fully saturated rings. The van der Waals surface area contributed by atoms with Gasteiger partial charge in [0.1, 0.15) is 0 Å². The maximum absolute atomic E-state index is 12.6. The lowest BCUT2D eigenvalue weighted by molar-refractivity contribution is 0.101. The summed E-state index contributed by atoms with van der Waals surface area (Å²) in [4.78, 5) is 11.6. The summed E-state index contributed by atoms with van der Waals surface area (Å²) >= 11 is 0. The summed E-state index contributed by atoms with van der Waals surface area (Å²) in [6.07, 6.45) is 2.86. The van der Waals surface area contributed by atoms with Crippen molar-refractivity contribution in [2.75, 3.05) is 6.54 Å². The Kier molecular flexibility index (Phi) is 4.06. The Bertz CT molecular complexity index is 580. The van der Waals surface area contributed by atoms with Gasteiger partial charge in [-0.1, -0.05) is 18.6 Å². The summed E-state index contributed by atoms with van der Waals surface area (Å²) in [6, 6.07) is 6.32. The first kappa shape index (κ1) is 14.2. The molecule has 0 unspecified atom stereocenters. The van der Waals surface area contributed by atoms with Crippen LogP contribution < -0.4 is 0 Å². The fraction of sp³-hybridized carbons (Fsp3) is 0.500. The number of carbonyl (C=O) groups excluding carboxylic acids is 1. The van der Waals surface area contributed by atoms with E-state index in [-0.39, 0.29) is 16.7 Å². The summed E-state index contributed by atoms with van der Waals surface area (Å²) in [6.45, 7) is 3.94. The van der Waals surface area contributed by atoms with Crippen molar-refractivity contribution in [3.05, 3.63) is 29.8 Å². The van der Waals surface area contributed by atoms with Gasteiger partial charge < -0.3 is 0 Å². The van der Waals surface area contributed by atoms with Gasteiger partial charge in [-0.2, -0.15) is 4.31 Å². The average molecular weight is 281 g/mol. The van der Waals surface area contributed by atoms with Crippen molar-refractivity contribution in [2.45, 2.75) is 44.0 Å². The predicted molar refractivity (Wildman–Crippen MR) is 73.7 cm³/mol. The highest BCUT2D eigenvalue weighted by Gasteiger charge is 2.31. The second-order valence-corrected chi connectivity index (χ2v) is 6.94. The molecule has 1 aromatic rings. The van der Waals surface area contributed by atoms with E-state index in [1.165, 1.54) is 13.0 Å². The molecule has 19 heavy (non-hydrogen) atoms. The van der Waals surface area contributed by atoms with E-state index in [9.17, 15) is 13.2 Å². The fourth-order valence-corrected chi connectivity index (χ4v) is 4.19. The molecule has 1 aliphatic heterocycles. The Morgan fingerprint density at radius 3 is 2.68 bits per heavy atom. The van der Waals surface area contributed by atoms with Crippen LogP contribution in [0.25, 0.3) is 0 Å². The van der Waals surface area contributed by atoms with Gasteiger partial charge in [-0.3, -0.25) is 4.79 Å². The van der Waals surface area contributed by atoms with Gasteiger partial charge in [0, 0.05) is 18.2 Å². The Labute approximate surface area is 114 Å². The van der Waals surface area contributed by atoms with Crippen molar-refractivity contribution in [2.24, 2.45) is 0 Å². The molecule has 0 bridgehead atoms. The molecule has 2 rings (SSSR count). The standard InChI is InChI=1S/C14H19NO3S/c1-11-6-3-4-9-15(11)19(17,18)14-8-5-7-13(10-14)12(2)16/h5,7-8,10-11H,3-4,6,9H2,1-2H3/t11-/m1/s1. The minimum Gasteiger partial charge on any atom is -0.295 e. The molecule has 0 amide bonds. The van der Waals surface area contributed by atoms with Crippen molar-refractivity contribution < 1.29 is 13.2 Å². The van der Waals surface area contributed by atoms with Crippen LogP contribution in [0.2, 0.25) is 0 Å². The molecule has 0 aliphatic carbocycles. The smallest absolute Gasteiger partial charge is 0.243 e. The predicted octanol–water partition coefficient (Wildman–Crippen LogP) is 2.45. The molecule has 0 spiro atoms. The molecule has 1 heterocycles. The first-order valence-electron chi connectivity index (χ1n) is 6.56. The first-order chi connectivity index (χ1) is 8.93. The van der Waals surface area contributed by atoms with E-state index in [0.29, 0.717) is 12.1 Å². The van der Waals surface area contributed by atoms with Crippen molar-refractivity contribution in [1.82, 2.24) is 4.31 Å². The van der Waals surface area contributed by atoms with Crippen molar-refractivity contribution in [1.29, 1.82) is 0 Å². The third-order valence-corrected chi connectivity index (χ3v) is 5.60. The summed E-state index contributed by atoms with van der Waals surface area (Å²) < 4.78 is 26.7. The largest absolute Gasteiger partial charge is 0.295 e. The highest BCUT2D eigenvalue weighted by molar-refractivity contribution is 7.89. The van der Waals surface area contributed by atoms with E-state index < -0.39 is 10.0 Å². The average Bonchev–Trinajstić information content (AvgIpc) is 2.39. The molecule has 0 saturated carbocycles. The Morgan fingerprint density at radius 2 is 2.05 bits per heavy atom. The normalized spacial score (nSPS) is 21.3.